The number of hydrogen-bond donors (Lipinski definition) is 0. The van der Waals surface area contributed by atoms with Crippen molar-refractivity contribution in [2.75, 3.05) is 26.2 Å². The van der Waals surface area contributed by atoms with Crippen molar-refractivity contribution in [2.24, 2.45) is 0 Å². The second-order valence-corrected chi connectivity index (χ2v) is 11.4. The summed E-state index contributed by atoms with van der Waals surface area (Å²) in [5, 5.41) is 10.9. The van der Waals surface area contributed by atoms with Crippen LogP contribution in [0.2, 0.25) is 0 Å². The second-order valence-electron chi connectivity index (χ2n) is 9.42. The number of fused-ring (bicyclic) bond motifs is 1. The molecule has 4 rings (SSSR count). The van der Waals surface area contributed by atoms with E-state index < -0.39 is 20.7 Å². The number of nitro groups is 1. The lowest BCUT2D eigenvalue weighted by Crippen LogP contribution is -2.51. The molecule has 0 radical (unpaired) electrons. The van der Waals surface area contributed by atoms with Crippen molar-refractivity contribution in [3.05, 3.63) is 68.7 Å². The lowest BCUT2D eigenvalue weighted by Gasteiger charge is -2.34. The maximum Gasteiger partial charge on any atom is 0.420 e. The number of non-ortho nitro benzene ring substituents is 1. The highest BCUT2D eigenvalue weighted by atomic mass is 32.2. The Morgan fingerprint density at radius 2 is 1.69 bits per heavy atom. The van der Waals surface area contributed by atoms with E-state index in [2.05, 4.69) is 20.8 Å². The van der Waals surface area contributed by atoms with Crippen molar-refractivity contribution in [1.29, 1.82) is 0 Å². The Balaban J connectivity index is 1.43. The Morgan fingerprint density at radius 3 is 2.26 bits per heavy atom. The first-order valence-electron chi connectivity index (χ1n) is 11.0. The second kappa shape index (κ2) is 8.93. The van der Waals surface area contributed by atoms with Crippen LogP contribution in [0.15, 0.2) is 56.6 Å². The molecule has 35 heavy (non-hydrogen) atoms. The van der Waals surface area contributed by atoms with Crippen molar-refractivity contribution < 1.29 is 22.6 Å². The number of carbonyl (C=O) groups is 1. The fourth-order valence-corrected chi connectivity index (χ4v) is 5.43. The van der Waals surface area contributed by atoms with E-state index in [-0.39, 0.29) is 65.7 Å². The summed E-state index contributed by atoms with van der Waals surface area (Å²) in [5.41, 5.74) is 1.00. The summed E-state index contributed by atoms with van der Waals surface area (Å²) in [7, 11) is -3.70. The summed E-state index contributed by atoms with van der Waals surface area (Å²) < 4.78 is 33.7. The molecule has 12 heteroatoms. The van der Waals surface area contributed by atoms with Crippen LogP contribution in [0.3, 0.4) is 0 Å². The Morgan fingerprint density at radius 1 is 1.06 bits per heavy atom. The van der Waals surface area contributed by atoms with Crippen molar-refractivity contribution in [1.82, 2.24) is 13.8 Å². The first-order valence-corrected chi connectivity index (χ1v) is 12.5. The number of amides is 1. The molecule has 186 valence electrons. The maximum absolute atomic E-state index is 13.1. The van der Waals surface area contributed by atoms with E-state index >= 15 is 0 Å². The molecule has 1 aliphatic heterocycles. The Hall–Kier alpha value is -3.51. The number of nitro benzene ring substituents is 1. The van der Waals surface area contributed by atoms with Gasteiger partial charge in [0.2, 0.25) is 15.9 Å². The molecule has 0 spiro atoms. The van der Waals surface area contributed by atoms with E-state index in [9.17, 15) is 28.1 Å². The van der Waals surface area contributed by atoms with Crippen LogP contribution >= 0.6 is 0 Å². The molecule has 0 aliphatic carbocycles. The Bertz CT molecular complexity index is 1440. The van der Waals surface area contributed by atoms with Gasteiger partial charge in [-0.3, -0.25) is 19.5 Å². The lowest BCUT2D eigenvalue weighted by molar-refractivity contribution is -0.384. The number of rotatable bonds is 5. The molecule has 2 heterocycles. The van der Waals surface area contributed by atoms with Crippen molar-refractivity contribution >= 4 is 32.7 Å². The van der Waals surface area contributed by atoms with Crippen LogP contribution in [-0.4, -0.2) is 59.2 Å². The van der Waals surface area contributed by atoms with Crippen molar-refractivity contribution in [2.45, 2.75) is 37.6 Å². The van der Waals surface area contributed by atoms with Gasteiger partial charge in [0.15, 0.2) is 5.58 Å². The fraction of sp³-hybridized carbons (Fsp3) is 0.391. The molecule has 0 unspecified atom stereocenters. The van der Waals surface area contributed by atoms with E-state index in [1.54, 1.807) is 12.1 Å². The minimum Gasteiger partial charge on any atom is -0.407 e. The molecule has 0 atom stereocenters. The standard InChI is InChI=1S/C23H26N4O7S/c1-23(2,3)16-4-7-18(8-5-16)35(32,33)25-12-10-24(11-13-25)21(28)15-26-19-9-6-17(27(30)31)14-20(19)34-22(26)29/h4-9,14H,10-13,15H2,1-3H3. The molecule has 1 fully saturated rings. The highest BCUT2D eigenvalue weighted by Gasteiger charge is 2.31. The molecule has 1 amide bonds. The van der Waals surface area contributed by atoms with E-state index in [1.807, 2.05) is 12.1 Å². The van der Waals surface area contributed by atoms with Gasteiger partial charge in [0, 0.05) is 32.2 Å². The quantitative estimate of drug-likeness (QED) is 0.386. The predicted molar refractivity (Wildman–Crippen MR) is 128 cm³/mol. The molecular formula is C23H26N4O7S. The minimum atomic E-state index is -3.70. The molecule has 3 aromatic rings. The van der Waals surface area contributed by atoms with Crippen LogP contribution in [0.25, 0.3) is 11.1 Å². The van der Waals surface area contributed by atoms with E-state index in [0.29, 0.717) is 0 Å². The summed E-state index contributed by atoms with van der Waals surface area (Å²) in [6, 6.07) is 10.6. The van der Waals surface area contributed by atoms with Crippen LogP contribution in [-0.2, 0) is 26.8 Å². The monoisotopic (exact) mass is 502 g/mol. The average Bonchev–Trinajstić information content (AvgIpc) is 3.12. The first-order chi connectivity index (χ1) is 16.4. The van der Waals surface area contributed by atoms with Crippen LogP contribution in [0.1, 0.15) is 26.3 Å². The smallest absolute Gasteiger partial charge is 0.407 e. The van der Waals surface area contributed by atoms with Gasteiger partial charge in [-0.05, 0) is 29.2 Å². The van der Waals surface area contributed by atoms with Gasteiger partial charge in [-0.15, -0.1) is 0 Å². The van der Waals surface area contributed by atoms with Crippen LogP contribution in [0.5, 0.6) is 0 Å². The summed E-state index contributed by atoms with van der Waals surface area (Å²) in [5.74, 6) is -1.17. The zero-order valence-corrected chi connectivity index (χ0v) is 20.4. The summed E-state index contributed by atoms with van der Waals surface area (Å²) in [4.78, 5) is 37.1. The van der Waals surface area contributed by atoms with Gasteiger partial charge in [-0.1, -0.05) is 32.9 Å². The predicted octanol–water partition coefficient (Wildman–Crippen LogP) is 2.33. The van der Waals surface area contributed by atoms with Gasteiger partial charge in [0.1, 0.15) is 6.54 Å². The zero-order valence-electron chi connectivity index (χ0n) is 19.6. The zero-order chi connectivity index (χ0) is 25.5. The number of nitrogens with zero attached hydrogens (tertiary/aromatic N) is 4. The van der Waals surface area contributed by atoms with Crippen LogP contribution in [0, 0.1) is 10.1 Å². The summed E-state index contributed by atoms with van der Waals surface area (Å²) in [6.45, 7) is 6.45. The molecule has 0 bridgehead atoms. The number of oxazole rings is 1. The Kier molecular flexibility index (Phi) is 6.28. The van der Waals surface area contributed by atoms with Crippen LogP contribution < -0.4 is 5.76 Å². The SMILES string of the molecule is CC(C)(C)c1ccc(S(=O)(=O)N2CCN(C(=O)Cn3c(=O)oc4cc([N+](=O)[O-])ccc43)CC2)cc1. The highest BCUT2D eigenvalue weighted by Crippen LogP contribution is 2.25. The number of hydrogen-bond acceptors (Lipinski definition) is 7. The number of carbonyl (C=O) groups excluding carboxylic acids is 1. The minimum absolute atomic E-state index is 0.0189. The normalized spacial score (nSPS) is 15.5. The molecule has 0 saturated carbocycles. The van der Waals surface area contributed by atoms with Gasteiger partial charge in [-0.2, -0.15) is 4.31 Å². The largest absolute Gasteiger partial charge is 0.420 e. The maximum atomic E-state index is 13.1. The summed E-state index contributed by atoms with van der Waals surface area (Å²) in [6.07, 6.45) is 0. The van der Waals surface area contributed by atoms with Gasteiger partial charge >= 0.3 is 5.76 Å². The number of benzene rings is 2. The topological polar surface area (TPSA) is 136 Å². The molecular weight excluding hydrogens is 476 g/mol. The van der Waals surface area contributed by atoms with Gasteiger partial charge in [0.05, 0.1) is 21.4 Å². The highest BCUT2D eigenvalue weighted by molar-refractivity contribution is 7.89. The fourth-order valence-electron chi connectivity index (χ4n) is 4.01. The number of piperazine rings is 1. The molecule has 1 saturated heterocycles. The third kappa shape index (κ3) is 4.84. The molecule has 1 aliphatic rings. The first kappa shape index (κ1) is 24.6. The summed E-state index contributed by atoms with van der Waals surface area (Å²) >= 11 is 0. The van der Waals surface area contributed by atoms with Crippen molar-refractivity contribution in [3.8, 4) is 0 Å². The van der Waals surface area contributed by atoms with E-state index in [1.165, 1.54) is 21.3 Å². The van der Waals surface area contributed by atoms with E-state index in [4.69, 9.17) is 4.42 Å². The Labute approximate surface area is 201 Å². The molecule has 0 N–H and O–H groups in total. The molecule has 11 nitrogen and oxygen atoms in total. The lowest BCUT2D eigenvalue weighted by atomic mass is 9.87. The van der Waals surface area contributed by atoms with Gasteiger partial charge in [-0.25, -0.2) is 13.2 Å². The third-order valence-electron chi connectivity index (χ3n) is 6.11. The van der Waals surface area contributed by atoms with Gasteiger partial charge in [0.25, 0.3) is 5.69 Å². The molecule has 2 aromatic carbocycles. The van der Waals surface area contributed by atoms with Crippen molar-refractivity contribution in [3.63, 3.8) is 0 Å². The van der Waals surface area contributed by atoms with Crippen LogP contribution in [0.4, 0.5) is 5.69 Å². The van der Waals surface area contributed by atoms with Gasteiger partial charge < -0.3 is 9.32 Å². The third-order valence-corrected chi connectivity index (χ3v) is 8.02. The average molecular weight is 503 g/mol. The number of sulfonamides is 1. The van der Waals surface area contributed by atoms with E-state index in [0.717, 1.165) is 16.2 Å². The molecule has 1 aromatic heterocycles. The number of aromatic nitrogens is 1.